The van der Waals surface area contributed by atoms with Crippen molar-refractivity contribution in [2.24, 2.45) is 5.92 Å². The monoisotopic (exact) mass is 173 g/mol. The summed E-state index contributed by atoms with van der Waals surface area (Å²) >= 11 is 0. The van der Waals surface area contributed by atoms with E-state index in [0.717, 1.165) is 12.8 Å². The second-order valence-electron chi connectivity index (χ2n) is 2.91. The van der Waals surface area contributed by atoms with Crippen LogP contribution in [0, 0.1) is 5.92 Å². The van der Waals surface area contributed by atoms with E-state index in [4.69, 9.17) is 4.74 Å². The van der Waals surface area contributed by atoms with Crippen LogP contribution >= 0.6 is 0 Å². The number of carbonyl (C=O) groups is 1. The minimum absolute atomic E-state index is 0.204. The molecule has 0 aromatic rings. The Balaban J connectivity index is 3.43. The lowest BCUT2D eigenvalue weighted by Crippen LogP contribution is -2.16. The molecular formula is C9H17O3. The molecule has 0 spiro atoms. The minimum atomic E-state index is -0.237. The second-order valence-corrected chi connectivity index (χ2v) is 2.91. The maximum Gasteiger partial charge on any atom is 0.308 e. The van der Waals surface area contributed by atoms with E-state index in [-0.39, 0.29) is 18.5 Å². The lowest BCUT2D eigenvalue weighted by molar-refractivity contribution is -0.148. The van der Waals surface area contributed by atoms with E-state index >= 15 is 0 Å². The van der Waals surface area contributed by atoms with Gasteiger partial charge in [-0.1, -0.05) is 20.3 Å². The summed E-state index contributed by atoms with van der Waals surface area (Å²) < 4.78 is 4.92. The molecule has 0 bridgehead atoms. The maximum absolute atomic E-state index is 11.0. The molecule has 0 aromatic heterocycles. The van der Waals surface area contributed by atoms with Crippen LogP contribution in [0.5, 0.6) is 0 Å². The topological polar surface area (TPSA) is 46.2 Å². The Morgan fingerprint density at radius 2 is 2.17 bits per heavy atom. The minimum Gasteiger partial charge on any atom is -0.465 e. The van der Waals surface area contributed by atoms with Crippen LogP contribution in [0.2, 0.25) is 0 Å². The summed E-state index contributed by atoms with van der Waals surface area (Å²) in [5.74, 6) is -0.473. The Morgan fingerprint density at radius 1 is 1.50 bits per heavy atom. The van der Waals surface area contributed by atoms with E-state index in [1.807, 2.05) is 6.92 Å². The first-order valence-electron chi connectivity index (χ1n) is 4.47. The van der Waals surface area contributed by atoms with Crippen LogP contribution in [0.1, 0.15) is 33.1 Å². The van der Waals surface area contributed by atoms with Crippen molar-refractivity contribution in [3.63, 3.8) is 0 Å². The molecule has 12 heavy (non-hydrogen) atoms. The fraction of sp³-hybridized carbons (Fsp3) is 0.889. The summed E-state index contributed by atoms with van der Waals surface area (Å²) in [4.78, 5) is 11.0. The zero-order valence-electron chi connectivity index (χ0n) is 7.84. The quantitative estimate of drug-likeness (QED) is 0.454. The maximum atomic E-state index is 11.0. The second kappa shape index (κ2) is 7.10. The van der Waals surface area contributed by atoms with Gasteiger partial charge in [-0.05, 0) is 12.8 Å². The Bertz CT molecular complexity index is 123. The van der Waals surface area contributed by atoms with Crippen molar-refractivity contribution in [2.75, 3.05) is 13.2 Å². The van der Waals surface area contributed by atoms with E-state index in [2.05, 4.69) is 0 Å². The zero-order chi connectivity index (χ0) is 9.40. The fourth-order valence-electron chi connectivity index (χ4n) is 0.754. The van der Waals surface area contributed by atoms with Gasteiger partial charge in [0.2, 0.25) is 0 Å². The molecule has 3 nitrogen and oxygen atoms in total. The highest BCUT2D eigenvalue weighted by Crippen LogP contribution is 2.04. The molecule has 0 rings (SSSR count). The molecule has 0 N–H and O–H groups in total. The standard InChI is InChI=1S/C9H17O3/c1-3-4-7-12-9(11)8(2)5-6-10/h8H,3-7H2,1-2H3. The molecule has 3 heteroatoms. The van der Waals surface area contributed by atoms with Crippen molar-refractivity contribution in [3.05, 3.63) is 0 Å². The van der Waals surface area contributed by atoms with Crippen LogP contribution in [0.4, 0.5) is 0 Å². The molecule has 1 atom stereocenters. The van der Waals surface area contributed by atoms with Gasteiger partial charge < -0.3 is 4.74 Å². The molecular weight excluding hydrogens is 156 g/mol. The number of unbranched alkanes of at least 4 members (excludes halogenated alkanes) is 1. The van der Waals surface area contributed by atoms with Crippen molar-refractivity contribution < 1.29 is 14.6 Å². The first kappa shape index (κ1) is 11.4. The number of esters is 1. The van der Waals surface area contributed by atoms with Crippen LogP contribution in [-0.4, -0.2) is 19.2 Å². The smallest absolute Gasteiger partial charge is 0.308 e. The van der Waals surface area contributed by atoms with Gasteiger partial charge in [-0.3, -0.25) is 4.79 Å². The number of hydrogen-bond acceptors (Lipinski definition) is 2. The molecule has 0 aliphatic carbocycles. The van der Waals surface area contributed by atoms with E-state index in [1.54, 1.807) is 6.92 Å². The van der Waals surface area contributed by atoms with Crippen LogP contribution in [0.3, 0.4) is 0 Å². The van der Waals surface area contributed by atoms with Crippen molar-refractivity contribution in [2.45, 2.75) is 33.1 Å². The Morgan fingerprint density at radius 3 is 2.67 bits per heavy atom. The highest BCUT2D eigenvalue weighted by atomic mass is 16.5. The van der Waals surface area contributed by atoms with Gasteiger partial charge in [-0.2, -0.15) is 0 Å². The van der Waals surface area contributed by atoms with Gasteiger partial charge in [-0.15, -0.1) is 0 Å². The molecule has 0 amide bonds. The molecule has 1 unspecified atom stereocenters. The van der Waals surface area contributed by atoms with E-state index < -0.39 is 0 Å². The van der Waals surface area contributed by atoms with Gasteiger partial charge in [0.25, 0.3) is 0 Å². The third-order valence-corrected chi connectivity index (χ3v) is 1.70. The molecule has 0 aliphatic rings. The molecule has 0 aliphatic heterocycles. The zero-order valence-corrected chi connectivity index (χ0v) is 7.84. The average molecular weight is 173 g/mol. The normalized spacial score (nSPS) is 12.6. The van der Waals surface area contributed by atoms with Gasteiger partial charge in [0.1, 0.15) is 0 Å². The van der Waals surface area contributed by atoms with Gasteiger partial charge in [-0.25, -0.2) is 5.11 Å². The van der Waals surface area contributed by atoms with E-state index in [1.165, 1.54) is 0 Å². The summed E-state index contributed by atoms with van der Waals surface area (Å²) in [6.07, 6.45) is 2.30. The van der Waals surface area contributed by atoms with Gasteiger partial charge in [0.05, 0.1) is 19.1 Å². The van der Waals surface area contributed by atoms with Gasteiger partial charge >= 0.3 is 5.97 Å². The summed E-state index contributed by atoms with van der Waals surface area (Å²) in [5, 5.41) is 10.2. The number of hydrogen-bond donors (Lipinski definition) is 0. The lowest BCUT2D eigenvalue weighted by Gasteiger charge is -2.08. The molecule has 0 aromatic carbocycles. The first-order valence-corrected chi connectivity index (χ1v) is 4.47. The summed E-state index contributed by atoms with van der Waals surface area (Å²) in [6, 6.07) is 0. The van der Waals surface area contributed by atoms with Crippen molar-refractivity contribution in [3.8, 4) is 0 Å². The highest BCUT2D eigenvalue weighted by Gasteiger charge is 2.12. The predicted octanol–water partition coefficient (Wildman–Crippen LogP) is 1.79. The van der Waals surface area contributed by atoms with Crippen LogP contribution in [-0.2, 0) is 14.6 Å². The highest BCUT2D eigenvalue weighted by molar-refractivity contribution is 5.71. The Hall–Kier alpha value is -0.570. The van der Waals surface area contributed by atoms with Crippen molar-refractivity contribution in [1.82, 2.24) is 0 Å². The SMILES string of the molecule is CCCCOC(=O)C(C)CC[O]. The van der Waals surface area contributed by atoms with Crippen molar-refractivity contribution in [1.29, 1.82) is 0 Å². The van der Waals surface area contributed by atoms with Crippen molar-refractivity contribution >= 4 is 5.97 Å². The number of carbonyl (C=O) groups excluding carboxylic acids is 1. The van der Waals surface area contributed by atoms with Crippen LogP contribution < -0.4 is 0 Å². The molecule has 0 saturated heterocycles. The fourth-order valence-corrected chi connectivity index (χ4v) is 0.754. The molecule has 0 heterocycles. The summed E-state index contributed by atoms with van der Waals surface area (Å²) in [7, 11) is 0. The third-order valence-electron chi connectivity index (χ3n) is 1.70. The third kappa shape index (κ3) is 5.13. The Labute approximate surface area is 73.7 Å². The van der Waals surface area contributed by atoms with Gasteiger partial charge in [0.15, 0.2) is 0 Å². The number of rotatable bonds is 6. The molecule has 71 valence electrons. The summed E-state index contributed by atoms with van der Waals surface area (Å²) in [6.45, 7) is 4.05. The van der Waals surface area contributed by atoms with E-state index in [9.17, 15) is 9.90 Å². The lowest BCUT2D eigenvalue weighted by atomic mass is 10.1. The molecule has 0 fully saturated rings. The average Bonchev–Trinajstić information content (AvgIpc) is 2.05. The van der Waals surface area contributed by atoms with Crippen LogP contribution in [0.25, 0.3) is 0 Å². The van der Waals surface area contributed by atoms with Gasteiger partial charge in [0, 0.05) is 0 Å². The van der Waals surface area contributed by atoms with Crippen LogP contribution in [0.15, 0.2) is 0 Å². The Kier molecular flexibility index (Phi) is 6.76. The first-order chi connectivity index (χ1) is 5.72. The molecule has 0 saturated carbocycles. The predicted molar refractivity (Wildman–Crippen MR) is 45.2 cm³/mol. The largest absolute Gasteiger partial charge is 0.465 e. The molecule has 1 radical (unpaired) electrons. The van der Waals surface area contributed by atoms with E-state index in [0.29, 0.717) is 13.0 Å². The number of ether oxygens (including phenoxy) is 1. The summed E-state index contributed by atoms with van der Waals surface area (Å²) in [5.41, 5.74) is 0.